The lowest BCUT2D eigenvalue weighted by Crippen LogP contribution is -2.74. The minimum atomic E-state index is -8.60. The van der Waals surface area contributed by atoms with E-state index in [0.717, 1.165) is 42.2 Å². The van der Waals surface area contributed by atoms with Crippen molar-refractivity contribution in [3.63, 3.8) is 0 Å². The first-order valence-electron chi connectivity index (χ1n) is 7.48. The summed E-state index contributed by atoms with van der Waals surface area (Å²) >= 11 is 0.896. The van der Waals surface area contributed by atoms with E-state index in [1.54, 1.807) is 0 Å². The van der Waals surface area contributed by atoms with Crippen LogP contribution in [0.4, 0.5) is 74.6 Å². The molecule has 0 aromatic rings. The van der Waals surface area contributed by atoms with E-state index in [9.17, 15) is 74.6 Å². The van der Waals surface area contributed by atoms with Gasteiger partial charge >= 0.3 is 47.6 Å². The summed E-state index contributed by atoms with van der Waals surface area (Å²) in [5, 5.41) is 0. The van der Waals surface area contributed by atoms with Gasteiger partial charge in [0.05, 0.1) is 8.07 Å². The number of rotatable bonds is 8. The van der Waals surface area contributed by atoms with Crippen LogP contribution in [0.25, 0.3) is 0 Å². The zero-order chi connectivity index (χ0) is 26.8. The molecule has 0 aromatic heterocycles. The Morgan fingerprint density at radius 3 is 1.00 bits per heavy atom. The molecule has 0 heterocycles. The third kappa shape index (κ3) is 4.43. The highest BCUT2D eigenvalue weighted by Gasteiger charge is 2.95. The summed E-state index contributed by atoms with van der Waals surface area (Å²) < 4.78 is 222. The molecule has 0 aromatic carbocycles. The molecule has 0 unspecified atom stereocenters. The lowest BCUT2D eigenvalue weighted by molar-refractivity contribution is -0.459. The molecule has 0 bridgehead atoms. The van der Waals surface area contributed by atoms with Gasteiger partial charge in [-0.25, -0.2) is 0 Å². The van der Waals surface area contributed by atoms with E-state index in [1.165, 1.54) is 0 Å². The van der Waals surface area contributed by atoms with Crippen LogP contribution in [0.1, 0.15) is 0 Å². The molecule has 32 heavy (non-hydrogen) atoms. The molecule has 0 aliphatic heterocycles. The van der Waals surface area contributed by atoms with Gasteiger partial charge in [0.2, 0.25) is 0 Å². The van der Waals surface area contributed by atoms with E-state index >= 15 is 0 Å². The topological polar surface area (TPSA) is 0 Å². The van der Waals surface area contributed by atoms with Crippen LogP contribution in [-0.2, 0) is 0 Å². The third-order valence-electron chi connectivity index (χ3n) is 3.77. The van der Waals surface area contributed by atoms with Crippen LogP contribution in [0, 0.1) is 0 Å². The molecule has 0 nitrogen and oxygen atoms in total. The average Bonchev–Trinajstić information content (AvgIpc) is 2.51. The quantitative estimate of drug-likeness (QED) is 0.142. The maximum Gasteiger partial charge on any atom is 0.460 e. The highest BCUT2D eigenvalue weighted by atomic mass is 127. The summed E-state index contributed by atoms with van der Waals surface area (Å²) in [6.45, 7) is 3.42. The fourth-order valence-electron chi connectivity index (χ4n) is 1.64. The fourth-order valence-corrected chi connectivity index (χ4v) is 2.65. The molecule has 0 radical (unpaired) electrons. The van der Waals surface area contributed by atoms with Crippen LogP contribution in [-0.4, -0.2) is 55.7 Å². The Hall–Kier alpha value is -0.503. The maximum absolute atomic E-state index is 13.7. The van der Waals surface area contributed by atoms with Gasteiger partial charge in [0, 0.05) is 0 Å². The zero-order valence-electron chi connectivity index (χ0n) is 15.4. The smallest absolute Gasteiger partial charge is 0.195 e. The van der Waals surface area contributed by atoms with Crippen molar-refractivity contribution in [2.45, 2.75) is 67.3 Å². The predicted molar refractivity (Wildman–Crippen MR) is 86.1 cm³/mol. The van der Waals surface area contributed by atoms with Crippen molar-refractivity contribution in [1.82, 2.24) is 0 Å². The van der Waals surface area contributed by atoms with Crippen LogP contribution in [0.5, 0.6) is 0 Å². The second kappa shape index (κ2) is 8.03. The highest BCUT2D eigenvalue weighted by molar-refractivity contribution is 14.1. The van der Waals surface area contributed by atoms with Crippen molar-refractivity contribution >= 4 is 30.7 Å². The van der Waals surface area contributed by atoms with Crippen LogP contribution >= 0.6 is 22.6 Å². The van der Waals surface area contributed by atoms with E-state index < -0.39 is 65.0 Å². The largest absolute Gasteiger partial charge is 0.460 e. The van der Waals surface area contributed by atoms with E-state index in [2.05, 4.69) is 0 Å². The summed E-state index contributed by atoms with van der Waals surface area (Å²) in [5.74, 6) is -56.2. The molecule has 0 rings (SSSR count). The number of halogens is 18. The van der Waals surface area contributed by atoms with Crippen molar-refractivity contribution in [3.8, 4) is 0 Å². The molecule has 0 saturated carbocycles. The number of allylic oxidation sites excluding steroid dienone is 1. The van der Waals surface area contributed by atoms with Crippen LogP contribution in [0.2, 0.25) is 19.6 Å². The van der Waals surface area contributed by atoms with Crippen molar-refractivity contribution in [1.29, 1.82) is 0 Å². The van der Waals surface area contributed by atoms with Gasteiger partial charge in [-0.1, -0.05) is 42.2 Å². The molecule has 0 aliphatic rings. The number of hydrogen-bond acceptors (Lipinski definition) is 0. The molecule has 0 atom stereocenters. The van der Waals surface area contributed by atoms with Gasteiger partial charge in [-0.3, -0.25) is 0 Å². The van der Waals surface area contributed by atoms with E-state index in [-0.39, 0.29) is 0 Å². The Kier molecular flexibility index (Phi) is 7.90. The average molecular weight is 644 g/mol. The van der Waals surface area contributed by atoms with Gasteiger partial charge in [0.1, 0.15) is 0 Å². The Labute approximate surface area is 182 Å². The molecule has 0 amide bonds. The van der Waals surface area contributed by atoms with Crippen LogP contribution in [0.15, 0.2) is 9.28 Å². The molecule has 0 aliphatic carbocycles. The first-order valence-corrected chi connectivity index (χ1v) is 12.1. The first kappa shape index (κ1) is 31.5. The van der Waals surface area contributed by atoms with Crippen molar-refractivity contribution in [3.05, 3.63) is 9.28 Å². The molecule has 0 N–H and O–H groups in total. The minimum absolute atomic E-state index is 0.820. The van der Waals surface area contributed by atoms with Gasteiger partial charge in [-0.15, -0.1) is 0 Å². The highest BCUT2D eigenvalue weighted by Crippen LogP contribution is 2.64. The van der Waals surface area contributed by atoms with Gasteiger partial charge in [-0.05, 0) is 9.28 Å². The Morgan fingerprint density at radius 1 is 0.500 bits per heavy atom. The van der Waals surface area contributed by atoms with E-state index in [1.807, 2.05) is 0 Å². The van der Waals surface area contributed by atoms with Crippen molar-refractivity contribution in [2.75, 3.05) is 0 Å². The Bertz CT molecular complexity index is 728. The second-order valence-corrected chi connectivity index (χ2v) is 14.5. The fraction of sp³-hybridized carbons (Fsp3) is 0.846. The molecular formula is C13H10F17ISi. The molecule has 0 saturated heterocycles. The summed E-state index contributed by atoms with van der Waals surface area (Å²) in [6, 6.07) is 0. The second-order valence-electron chi connectivity index (χ2n) is 7.31. The monoisotopic (exact) mass is 644 g/mol. The molecular weight excluding hydrogens is 634 g/mol. The summed E-state index contributed by atoms with van der Waals surface area (Å²) in [5.41, 5.74) is 0. The van der Waals surface area contributed by atoms with Crippen LogP contribution < -0.4 is 0 Å². The molecule has 0 fully saturated rings. The Morgan fingerprint density at radius 2 is 0.750 bits per heavy atom. The molecule has 19 heteroatoms. The minimum Gasteiger partial charge on any atom is -0.195 e. The normalized spacial score (nSPS) is 17.1. The maximum atomic E-state index is 13.7. The SMILES string of the molecule is C[Si](C)(C)C(I)=CC(F)(F)C(F)(F)C(F)(F)C(F)(F)C(F)(F)C(F)(F)C(F)(F)C(F)(F)F. The van der Waals surface area contributed by atoms with Crippen LogP contribution in [0.3, 0.4) is 0 Å². The molecule has 0 spiro atoms. The first-order chi connectivity index (χ1) is 13.4. The van der Waals surface area contributed by atoms with Gasteiger partial charge in [-0.2, -0.15) is 74.6 Å². The lowest BCUT2D eigenvalue weighted by atomic mass is 9.89. The predicted octanol–water partition coefficient (Wildman–Crippen LogP) is 8.19. The summed E-state index contributed by atoms with van der Waals surface area (Å²) in [6.07, 6.45) is -8.79. The Balaban J connectivity index is 6.86. The number of alkyl halides is 17. The van der Waals surface area contributed by atoms with Crippen molar-refractivity contribution < 1.29 is 74.6 Å². The van der Waals surface area contributed by atoms with E-state index in [4.69, 9.17) is 0 Å². The standard InChI is InChI=1S/C13H10F17ISi/c1-32(2,3)5(31)4-6(14,15)7(16,17)8(18,19)9(20,21)10(22,23)11(24,25)12(26,27)13(28,29)30/h4H,1-3H3. The van der Waals surface area contributed by atoms with Crippen molar-refractivity contribution in [2.24, 2.45) is 0 Å². The van der Waals surface area contributed by atoms with Gasteiger partial charge in [0.15, 0.2) is 0 Å². The number of hydrogen-bond donors (Lipinski definition) is 0. The lowest BCUT2D eigenvalue weighted by Gasteiger charge is -2.42. The van der Waals surface area contributed by atoms with Gasteiger partial charge < -0.3 is 0 Å². The third-order valence-corrected chi connectivity index (χ3v) is 10.5. The summed E-state index contributed by atoms with van der Waals surface area (Å²) in [7, 11) is -3.06. The van der Waals surface area contributed by atoms with E-state index in [0.29, 0.717) is 0 Å². The van der Waals surface area contributed by atoms with Gasteiger partial charge in [0.25, 0.3) is 0 Å². The molecule has 192 valence electrons. The zero-order valence-corrected chi connectivity index (χ0v) is 18.5. The summed E-state index contributed by atoms with van der Waals surface area (Å²) in [4.78, 5) is 0.